The highest BCUT2D eigenvalue weighted by Crippen LogP contribution is 2.27. The van der Waals surface area contributed by atoms with Gasteiger partial charge in [-0.3, -0.25) is 0 Å². The van der Waals surface area contributed by atoms with Crippen LogP contribution in [0.3, 0.4) is 0 Å². The first kappa shape index (κ1) is 19.1. The van der Waals surface area contributed by atoms with E-state index in [9.17, 15) is 12.8 Å². The van der Waals surface area contributed by atoms with Crippen LogP contribution < -0.4 is 4.74 Å². The molecule has 2 aromatic carbocycles. The molecule has 1 heterocycles. The van der Waals surface area contributed by atoms with Crippen molar-refractivity contribution in [2.45, 2.75) is 24.9 Å². The van der Waals surface area contributed by atoms with Crippen LogP contribution in [0.25, 0.3) is 0 Å². The molecule has 0 amide bonds. The molecular formula is C20H20FNO4S. The van der Waals surface area contributed by atoms with Gasteiger partial charge in [0.1, 0.15) is 22.2 Å². The van der Waals surface area contributed by atoms with Crippen LogP contribution in [-0.2, 0) is 23.1 Å². The summed E-state index contributed by atoms with van der Waals surface area (Å²) < 4.78 is 52.4. The number of sulfonamides is 1. The van der Waals surface area contributed by atoms with Crippen molar-refractivity contribution < 1.29 is 22.0 Å². The lowest BCUT2D eigenvalue weighted by atomic mass is 10.1. The first-order valence-electron chi connectivity index (χ1n) is 8.32. The van der Waals surface area contributed by atoms with E-state index < -0.39 is 15.8 Å². The van der Waals surface area contributed by atoms with Gasteiger partial charge in [-0.05, 0) is 37.3 Å². The predicted octanol–water partition coefficient (Wildman–Crippen LogP) is 4.13. The lowest BCUT2D eigenvalue weighted by Crippen LogP contribution is -2.31. The van der Waals surface area contributed by atoms with Crippen LogP contribution in [0.15, 0.2) is 70.2 Å². The molecule has 0 fully saturated rings. The average molecular weight is 389 g/mol. The summed E-state index contributed by atoms with van der Waals surface area (Å²) in [6.45, 7) is 1.90. The zero-order valence-corrected chi connectivity index (χ0v) is 15.9. The molecule has 0 aliphatic rings. The summed E-state index contributed by atoms with van der Waals surface area (Å²) in [6.07, 6.45) is 1.47. The molecule has 0 aliphatic heterocycles. The first-order chi connectivity index (χ1) is 12.9. The monoisotopic (exact) mass is 389 g/mol. The molecule has 1 aromatic heterocycles. The summed E-state index contributed by atoms with van der Waals surface area (Å²) in [5.74, 6) is 0.230. The Morgan fingerprint density at radius 2 is 1.85 bits per heavy atom. The molecule has 3 aromatic rings. The normalized spacial score (nSPS) is 11.7. The third-order valence-corrected chi connectivity index (χ3v) is 5.97. The number of hydrogen-bond acceptors (Lipinski definition) is 4. The van der Waals surface area contributed by atoms with E-state index in [1.807, 2.05) is 19.1 Å². The minimum Gasteiger partial charge on any atom is -0.496 e. The van der Waals surface area contributed by atoms with Gasteiger partial charge in [0.15, 0.2) is 0 Å². The van der Waals surface area contributed by atoms with Crippen LogP contribution in [0.1, 0.15) is 16.9 Å². The number of furan rings is 1. The lowest BCUT2D eigenvalue weighted by Gasteiger charge is -2.23. The van der Waals surface area contributed by atoms with E-state index in [0.717, 1.165) is 11.6 Å². The Hall–Kier alpha value is -2.64. The molecular weight excluding hydrogens is 369 g/mol. The summed E-state index contributed by atoms with van der Waals surface area (Å²) in [4.78, 5) is -0.372. The SMILES string of the molecule is COc1ccc(C)cc1CN(Cc1ccco1)S(=O)(=O)c1ccccc1F. The van der Waals surface area contributed by atoms with Gasteiger partial charge in [-0.2, -0.15) is 4.31 Å². The maximum absolute atomic E-state index is 14.2. The topological polar surface area (TPSA) is 59.8 Å². The number of nitrogens with zero attached hydrogens (tertiary/aromatic N) is 1. The predicted molar refractivity (Wildman–Crippen MR) is 99.3 cm³/mol. The van der Waals surface area contributed by atoms with Crippen molar-refractivity contribution in [1.29, 1.82) is 0 Å². The fraction of sp³-hybridized carbons (Fsp3) is 0.200. The average Bonchev–Trinajstić information content (AvgIpc) is 3.15. The van der Waals surface area contributed by atoms with Crippen molar-refractivity contribution in [1.82, 2.24) is 4.31 Å². The van der Waals surface area contributed by atoms with Crippen molar-refractivity contribution >= 4 is 10.0 Å². The summed E-state index contributed by atoms with van der Waals surface area (Å²) >= 11 is 0. The lowest BCUT2D eigenvalue weighted by molar-refractivity contribution is 0.346. The van der Waals surface area contributed by atoms with Gasteiger partial charge in [0.25, 0.3) is 0 Å². The van der Waals surface area contributed by atoms with Gasteiger partial charge in [-0.25, -0.2) is 12.8 Å². The molecule has 0 aliphatic carbocycles. The van der Waals surface area contributed by atoms with E-state index in [1.54, 1.807) is 18.2 Å². The van der Waals surface area contributed by atoms with Crippen molar-refractivity contribution in [3.8, 4) is 5.75 Å². The van der Waals surface area contributed by atoms with Crippen molar-refractivity contribution in [3.05, 3.63) is 83.6 Å². The summed E-state index contributed by atoms with van der Waals surface area (Å²) in [5, 5.41) is 0. The highest BCUT2D eigenvalue weighted by molar-refractivity contribution is 7.89. The third kappa shape index (κ3) is 4.20. The second kappa shape index (κ2) is 7.94. The second-order valence-electron chi connectivity index (χ2n) is 6.10. The molecule has 7 heteroatoms. The van der Waals surface area contributed by atoms with Crippen LogP contribution in [0.5, 0.6) is 5.75 Å². The van der Waals surface area contributed by atoms with Crippen LogP contribution in [0, 0.1) is 12.7 Å². The molecule has 0 atom stereocenters. The van der Waals surface area contributed by atoms with Crippen LogP contribution in [0.2, 0.25) is 0 Å². The Morgan fingerprint density at radius 3 is 2.52 bits per heavy atom. The zero-order valence-electron chi connectivity index (χ0n) is 15.1. The summed E-state index contributed by atoms with van der Waals surface area (Å²) in [7, 11) is -2.58. The van der Waals surface area contributed by atoms with Crippen LogP contribution >= 0.6 is 0 Å². The van der Waals surface area contributed by atoms with Gasteiger partial charge in [0, 0.05) is 12.1 Å². The summed E-state index contributed by atoms with van der Waals surface area (Å²) in [6, 6.07) is 14.2. The molecule has 3 rings (SSSR count). The fourth-order valence-corrected chi connectivity index (χ4v) is 4.27. The van der Waals surface area contributed by atoms with Crippen molar-refractivity contribution in [2.75, 3.05) is 7.11 Å². The minimum atomic E-state index is -4.10. The molecule has 0 bridgehead atoms. The highest BCUT2D eigenvalue weighted by atomic mass is 32.2. The molecule has 142 valence electrons. The number of halogens is 1. The second-order valence-corrected chi connectivity index (χ2v) is 8.00. The number of methoxy groups -OCH3 is 1. The minimum absolute atomic E-state index is 0.0161. The number of ether oxygens (including phenoxy) is 1. The summed E-state index contributed by atoms with van der Waals surface area (Å²) in [5.41, 5.74) is 1.65. The van der Waals surface area contributed by atoms with Gasteiger partial charge in [-0.1, -0.05) is 29.8 Å². The van der Waals surface area contributed by atoms with E-state index in [0.29, 0.717) is 17.1 Å². The molecule has 0 saturated heterocycles. The number of benzene rings is 2. The van der Waals surface area contributed by atoms with E-state index in [-0.39, 0.29) is 18.0 Å². The number of aryl methyl sites for hydroxylation is 1. The van der Waals surface area contributed by atoms with Gasteiger partial charge >= 0.3 is 0 Å². The Bertz CT molecular complexity index is 1020. The maximum atomic E-state index is 14.2. The molecule has 0 spiro atoms. The number of hydrogen-bond donors (Lipinski definition) is 0. The first-order valence-corrected chi connectivity index (χ1v) is 9.76. The Morgan fingerprint density at radius 1 is 1.07 bits per heavy atom. The van der Waals surface area contributed by atoms with Gasteiger partial charge in [0.05, 0.1) is 19.9 Å². The molecule has 0 radical (unpaired) electrons. The quantitative estimate of drug-likeness (QED) is 0.610. The van der Waals surface area contributed by atoms with E-state index in [4.69, 9.17) is 9.15 Å². The molecule has 27 heavy (non-hydrogen) atoms. The Balaban J connectivity index is 2.04. The molecule has 0 N–H and O–H groups in total. The van der Waals surface area contributed by atoms with Crippen molar-refractivity contribution in [2.24, 2.45) is 0 Å². The molecule has 0 saturated carbocycles. The largest absolute Gasteiger partial charge is 0.496 e. The maximum Gasteiger partial charge on any atom is 0.246 e. The van der Waals surface area contributed by atoms with Crippen LogP contribution in [0.4, 0.5) is 4.39 Å². The molecule has 0 unspecified atom stereocenters. The third-order valence-electron chi connectivity index (χ3n) is 4.15. The van der Waals surface area contributed by atoms with E-state index in [2.05, 4.69) is 0 Å². The van der Waals surface area contributed by atoms with Gasteiger partial charge in [-0.15, -0.1) is 0 Å². The Labute approximate surface area is 158 Å². The Kier molecular flexibility index (Phi) is 5.62. The fourth-order valence-electron chi connectivity index (χ4n) is 2.82. The standard InChI is InChI=1S/C20H20FNO4S/c1-15-9-10-19(25-2)16(12-15)13-22(14-17-6-5-11-26-17)27(23,24)20-8-4-3-7-18(20)21/h3-12H,13-14H2,1-2H3. The zero-order chi connectivity index (χ0) is 19.4. The van der Waals surface area contributed by atoms with Crippen LogP contribution in [-0.4, -0.2) is 19.8 Å². The number of rotatable bonds is 7. The van der Waals surface area contributed by atoms with Crippen molar-refractivity contribution in [3.63, 3.8) is 0 Å². The van der Waals surface area contributed by atoms with Gasteiger partial charge in [0.2, 0.25) is 10.0 Å². The van der Waals surface area contributed by atoms with E-state index in [1.165, 1.54) is 35.9 Å². The van der Waals surface area contributed by atoms with Gasteiger partial charge < -0.3 is 9.15 Å². The smallest absolute Gasteiger partial charge is 0.246 e. The highest BCUT2D eigenvalue weighted by Gasteiger charge is 2.29. The molecule has 5 nitrogen and oxygen atoms in total. The van der Waals surface area contributed by atoms with E-state index >= 15 is 0 Å².